The Hall–Kier alpha value is -0.500. The monoisotopic (exact) mass is 144 g/mol. The summed E-state index contributed by atoms with van der Waals surface area (Å²) in [6.45, 7) is 10.2. The summed E-state index contributed by atoms with van der Waals surface area (Å²) in [7, 11) is 0. The predicted octanol–water partition coefficient (Wildman–Crippen LogP) is 2.17. The highest BCUT2D eigenvalue weighted by Gasteiger charge is 2.11. The van der Waals surface area contributed by atoms with Gasteiger partial charge in [-0.05, 0) is 6.92 Å². The summed E-state index contributed by atoms with van der Waals surface area (Å²) < 4.78 is 10.3. The largest absolute Gasteiger partial charge is 0.473 e. The summed E-state index contributed by atoms with van der Waals surface area (Å²) in [6, 6.07) is 0. The fraction of sp³-hybridized carbons (Fsp3) is 0.750. The van der Waals surface area contributed by atoms with E-state index >= 15 is 0 Å². The van der Waals surface area contributed by atoms with E-state index in [1.165, 1.54) is 6.26 Å². The van der Waals surface area contributed by atoms with Crippen LogP contribution in [0.25, 0.3) is 0 Å². The minimum absolute atomic E-state index is 0.137. The van der Waals surface area contributed by atoms with E-state index in [0.29, 0.717) is 12.5 Å². The van der Waals surface area contributed by atoms with Crippen molar-refractivity contribution in [2.45, 2.75) is 27.1 Å². The Labute approximate surface area is 62.8 Å². The average Bonchev–Trinajstić information content (AvgIpc) is 1.87. The van der Waals surface area contributed by atoms with E-state index in [1.54, 1.807) is 0 Å². The van der Waals surface area contributed by atoms with Crippen molar-refractivity contribution in [1.82, 2.24) is 0 Å². The first-order valence-corrected chi connectivity index (χ1v) is 3.60. The fourth-order valence-electron chi connectivity index (χ4n) is 0.648. The Morgan fingerprint density at radius 1 is 1.50 bits per heavy atom. The van der Waals surface area contributed by atoms with Crippen molar-refractivity contribution in [2.75, 3.05) is 6.61 Å². The highest BCUT2D eigenvalue weighted by Crippen LogP contribution is 2.07. The molecule has 0 aliphatic heterocycles. The summed E-state index contributed by atoms with van der Waals surface area (Å²) in [5.74, 6) is 0.373. The summed E-state index contributed by atoms with van der Waals surface area (Å²) in [6.07, 6.45) is 1.28. The molecule has 0 saturated heterocycles. The molecule has 0 N–H and O–H groups in total. The molecule has 0 bridgehead atoms. The third-order valence-electron chi connectivity index (χ3n) is 1.11. The van der Waals surface area contributed by atoms with E-state index in [0.717, 1.165) is 0 Å². The topological polar surface area (TPSA) is 18.5 Å². The van der Waals surface area contributed by atoms with Crippen molar-refractivity contribution in [3.8, 4) is 0 Å². The van der Waals surface area contributed by atoms with E-state index in [-0.39, 0.29) is 6.29 Å². The summed E-state index contributed by atoms with van der Waals surface area (Å²) in [5, 5.41) is 0. The second-order valence-corrected chi connectivity index (χ2v) is 2.37. The first-order chi connectivity index (χ1) is 4.72. The zero-order valence-corrected chi connectivity index (χ0v) is 6.96. The predicted molar refractivity (Wildman–Crippen MR) is 41.5 cm³/mol. The maximum Gasteiger partial charge on any atom is 0.201 e. The molecular formula is C8H16O2. The second-order valence-electron chi connectivity index (χ2n) is 2.37. The summed E-state index contributed by atoms with van der Waals surface area (Å²) >= 11 is 0. The van der Waals surface area contributed by atoms with E-state index in [4.69, 9.17) is 9.47 Å². The van der Waals surface area contributed by atoms with Crippen molar-refractivity contribution in [3.63, 3.8) is 0 Å². The van der Waals surface area contributed by atoms with Crippen LogP contribution in [0.5, 0.6) is 0 Å². The molecule has 0 radical (unpaired) electrons. The molecule has 0 heterocycles. The zero-order valence-electron chi connectivity index (χ0n) is 6.96. The van der Waals surface area contributed by atoms with Gasteiger partial charge >= 0.3 is 0 Å². The van der Waals surface area contributed by atoms with Gasteiger partial charge in [-0.3, -0.25) is 0 Å². The van der Waals surface area contributed by atoms with Gasteiger partial charge in [-0.15, -0.1) is 0 Å². The van der Waals surface area contributed by atoms with Crippen LogP contribution in [0.1, 0.15) is 20.8 Å². The lowest BCUT2D eigenvalue weighted by atomic mass is 10.2. The molecule has 0 aromatic carbocycles. The highest BCUT2D eigenvalue weighted by atomic mass is 16.7. The molecule has 2 heteroatoms. The van der Waals surface area contributed by atoms with Gasteiger partial charge in [0.15, 0.2) is 0 Å². The van der Waals surface area contributed by atoms with E-state index < -0.39 is 0 Å². The number of hydrogen-bond donors (Lipinski definition) is 0. The molecule has 1 atom stereocenters. The van der Waals surface area contributed by atoms with Gasteiger partial charge in [0, 0.05) is 12.5 Å². The molecule has 0 aliphatic rings. The Morgan fingerprint density at radius 2 is 2.10 bits per heavy atom. The van der Waals surface area contributed by atoms with Crippen LogP contribution in [-0.4, -0.2) is 12.9 Å². The van der Waals surface area contributed by atoms with Crippen LogP contribution in [-0.2, 0) is 9.47 Å². The third-order valence-corrected chi connectivity index (χ3v) is 1.11. The molecule has 10 heavy (non-hydrogen) atoms. The Balaban J connectivity index is 3.60. The van der Waals surface area contributed by atoms with E-state index in [2.05, 4.69) is 6.58 Å². The Bertz CT molecular complexity index is 89.3. The quantitative estimate of drug-likeness (QED) is 0.435. The lowest BCUT2D eigenvalue weighted by molar-refractivity contribution is -0.128. The van der Waals surface area contributed by atoms with E-state index in [1.807, 2.05) is 20.8 Å². The minimum Gasteiger partial charge on any atom is -0.473 e. The van der Waals surface area contributed by atoms with Crippen LogP contribution in [0.15, 0.2) is 12.8 Å². The molecule has 1 unspecified atom stereocenters. The van der Waals surface area contributed by atoms with Gasteiger partial charge in [0.1, 0.15) is 0 Å². The van der Waals surface area contributed by atoms with Crippen molar-refractivity contribution in [3.05, 3.63) is 12.8 Å². The van der Waals surface area contributed by atoms with Gasteiger partial charge in [-0.2, -0.15) is 0 Å². The Kier molecular flexibility index (Phi) is 5.03. The lowest BCUT2D eigenvalue weighted by Gasteiger charge is -2.19. The van der Waals surface area contributed by atoms with Gasteiger partial charge in [-0.1, -0.05) is 20.4 Å². The van der Waals surface area contributed by atoms with Crippen LogP contribution in [0.3, 0.4) is 0 Å². The van der Waals surface area contributed by atoms with Gasteiger partial charge in [0.25, 0.3) is 0 Å². The van der Waals surface area contributed by atoms with Crippen LogP contribution in [0.2, 0.25) is 0 Å². The Morgan fingerprint density at radius 3 is 2.40 bits per heavy atom. The first kappa shape index (κ1) is 9.50. The SMILES string of the molecule is C=COC(OCC)C(C)C. The molecule has 60 valence electrons. The molecule has 2 nitrogen and oxygen atoms in total. The van der Waals surface area contributed by atoms with Crippen LogP contribution < -0.4 is 0 Å². The van der Waals surface area contributed by atoms with Crippen LogP contribution >= 0.6 is 0 Å². The molecule has 0 amide bonds. The van der Waals surface area contributed by atoms with Crippen LogP contribution in [0.4, 0.5) is 0 Å². The first-order valence-electron chi connectivity index (χ1n) is 3.60. The molecule has 0 aliphatic carbocycles. The zero-order chi connectivity index (χ0) is 7.98. The second kappa shape index (κ2) is 5.30. The summed E-state index contributed by atoms with van der Waals surface area (Å²) in [5.41, 5.74) is 0. The molecule has 0 rings (SSSR count). The minimum atomic E-state index is -0.137. The summed E-state index contributed by atoms with van der Waals surface area (Å²) in [4.78, 5) is 0. The van der Waals surface area contributed by atoms with Crippen molar-refractivity contribution in [1.29, 1.82) is 0 Å². The number of ether oxygens (including phenoxy) is 2. The maximum absolute atomic E-state index is 5.25. The van der Waals surface area contributed by atoms with Crippen molar-refractivity contribution in [2.24, 2.45) is 5.92 Å². The molecule has 0 aromatic heterocycles. The lowest BCUT2D eigenvalue weighted by Crippen LogP contribution is -2.20. The highest BCUT2D eigenvalue weighted by molar-refractivity contribution is 4.56. The van der Waals surface area contributed by atoms with Gasteiger partial charge in [0.2, 0.25) is 6.29 Å². The number of hydrogen-bond acceptors (Lipinski definition) is 2. The van der Waals surface area contributed by atoms with Gasteiger partial charge in [0.05, 0.1) is 6.26 Å². The van der Waals surface area contributed by atoms with Crippen molar-refractivity contribution >= 4 is 0 Å². The molecule has 0 spiro atoms. The molecular weight excluding hydrogens is 128 g/mol. The van der Waals surface area contributed by atoms with Gasteiger partial charge in [-0.25, -0.2) is 0 Å². The molecule has 0 saturated carbocycles. The normalized spacial score (nSPS) is 13.2. The van der Waals surface area contributed by atoms with Crippen LogP contribution in [0, 0.1) is 5.92 Å². The average molecular weight is 144 g/mol. The van der Waals surface area contributed by atoms with Crippen molar-refractivity contribution < 1.29 is 9.47 Å². The third kappa shape index (κ3) is 3.51. The number of rotatable bonds is 5. The smallest absolute Gasteiger partial charge is 0.201 e. The standard InChI is InChI=1S/C8H16O2/c1-5-9-8(7(3)4)10-6-2/h5,7-8H,1,6H2,2-4H3. The van der Waals surface area contributed by atoms with E-state index in [9.17, 15) is 0 Å². The maximum atomic E-state index is 5.25. The molecule has 0 fully saturated rings. The van der Waals surface area contributed by atoms with Gasteiger partial charge < -0.3 is 9.47 Å². The molecule has 0 aromatic rings. The fourth-order valence-corrected chi connectivity index (χ4v) is 0.648.